The fourth-order valence-corrected chi connectivity index (χ4v) is 2.85. The van der Waals surface area contributed by atoms with Crippen LogP contribution in [-0.2, 0) is 14.8 Å². The van der Waals surface area contributed by atoms with Crippen molar-refractivity contribution in [1.82, 2.24) is 0 Å². The van der Waals surface area contributed by atoms with Crippen LogP contribution in [0, 0.1) is 0 Å². The SMILES string of the molecule is COc1ccc(NC(=O)[C@H](C)Oc2ccc(N(C)S(C)(=O)=O)cc2)cc1OC. The molecular weight excluding hydrogens is 384 g/mol. The lowest BCUT2D eigenvalue weighted by Crippen LogP contribution is -2.30. The molecule has 0 aliphatic rings. The number of anilines is 2. The van der Waals surface area contributed by atoms with Gasteiger partial charge in [0.25, 0.3) is 5.91 Å². The summed E-state index contributed by atoms with van der Waals surface area (Å²) in [6, 6.07) is 11.5. The monoisotopic (exact) mass is 408 g/mol. The van der Waals surface area contributed by atoms with Gasteiger partial charge in [0.1, 0.15) is 5.75 Å². The molecule has 0 aliphatic heterocycles. The summed E-state index contributed by atoms with van der Waals surface area (Å²) in [6.07, 6.45) is 0.351. The Bertz CT molecular complexity index is 928. The van der Waals surface area contributed by atoms with E-state index < -0.39 is 16.1 Å². The molecule has 0 radical (unpaired) electrons. The molecule has 0 saturated heterocycles. The number of amides is 1. The molecule has 9 heteroatoms. The van der Waals surface area contributed by atoms with E-state index in [4.69, 9.17) is 14.2 Å². The molecule has 1 N–H and O–H groups in total. The molecule has 152 valence electrons. The van der Waals surface area contributed by atoms with Gasteiger partial charge in [-0.2, -0.15) is 0 Å². The first-order valence-electron chi connectivity index (χ1n) is 8.39. The van der Waals surface area contributed by atoms with Crippen molar-refractivity contribution >= 4 is 27.3 Å². The molecule has 0 spiro atoms. The molecule has 0 unspecified atom stereocenters. The summed E-state index contributed by atoms with van der Waals surface area (Å²) in [5, 5.41) is 2.75. The van der Waals surface area contributed by atoms with E-state index >= 15 is 0 Å². The largest absolute Gasteiger partial charge is 0.493 e. The number of rotatable bonds is 8. The van der Waals surface area contributed by atoms with Crippen molar-refractivity contribution < 1.29 is 27.4 Å². The number of nitrogens with one attached hydrogen (secondary N) is 1. The number of carbonyl (C=O) groups excluding carboxylic acids is 1. The maximum Gasteiger partial charge on any atom is 0.265 e. The van der Waals surface area contributed by atoms with Crippen molar-refractivity contribution in [3.63, 3.8) is 0 Å². The summed E-state index contributed by atoms with van der Waals surface area (Å²) in [6.45, 7) is 1.62. The maximum absolute atomic E-state index is 12.4. The van der Waals surface area contributed by atoms with Gasteiger partial charge in [-0.15, -0.1) is 0 Å². The predicted molar refractivity (Wildman–Crippen MR) is 108 cm³/mol. The van der Waals surface area contributed by atoms with Crippen LogP contribution < -0.4 is 23.8 Å². The fourth-order valence-electron chi connectivity index (χ4n) is 2.34. The molecule has 1 atom stereocenters. The van der Waals surface area contributed by atoms with Gasteiger partial charge in [0, 0.05) is 18.8 Å². The third-order valence-electron chi connectivity index (χ3n) is 4.03. The van der Waals surface area contributed by atoms with Crippen molar-refractivity contribution in [2.45, 2.75) is 13.0 Å². The molecule has 0 aliphatic carbocycles. The first-order valence-corrected chi connectivity index (χ1v) is 10.2. The van der Waals surface area contributed by atoms with E-state index in [0.717, 1.165) is 10.6 Å². The number of nitrogens with zero attached hydrogens (tertiary/aromatic N) is 1. The second-order valence-electron chi connectivity index (χ2n) is 6.04. The zero-order valence-corrected chi connectivity index (χ0v) is 17.2. The summed E-state index contributed by atoms with van der Waals surface area (Å²) in [5.41, 5.74) is 1.04. The molecule has 0 heterocycles. The molecule has 28 heavy (non-hydrogen) atoms. The van der Waals surface area contributed by atoms with E-state index in [1.165, 1.54) is 21.3 Å². The van der Waals surface area contributed by atoms with Crippen molar-refractivity contribution in [2.24, 2.45) is 0 Å². The van der Waals surface area contributed by atoms with Crippen molar-refractivity contribution in [2.75, 3.05) is 37.1 Å². The Morgan fingerprint density at radius 1 is 1.04 bits per heavy atom. The van der Waals surface area contributed by atoms with Crippen LogP contribution in [0.5, 0.6) is 17.2 Å². The zero-order valence-electron chi connectivity index (χ0n) is 16.4. The van der Waals surface area contributed by atoms with Crippen molar-refractivity contribution in [3.05, 3.63) is 42.5 Å². The summed E-state index contributed by atoms with van der Waals surface area (Å²) in [5.74, 6) is 1.16. The highest BCUT2D eigenvalue weighted by molar-refractivity contribution is 7.92. The lowest BCUT2D eigenvalue weighted by Gasteiger charge is -2.18. The molecule has 2 aromatic rings. The van der Waals surface area contributed by atoms with Gasteiger partial charge >= 0.3 is 0 Å². The highest BCUT2D eigenvalue weighted by atomic mass is 32.2. The second kappa shape index (κ2) is 8.83. The Morgan fingerprint density at radius 3 is 2.18 bits per heavy atom. The summed E-state index contributed by atoms with van der Waals surface area (Å²) < 4.78 is 40.3. The smallest absolute Gasteiger partial charge is 0.265 e. The topological polar surface area (TPSA) is 94.2 Å². The minimum absolute atomic E-state index is 0.343. The fraction of sp³-hybridized carbons (Fsp3) is 0.316. The summed E-state index contributed by atoms with van der Waals surface area (Å²) in [7, 11) is 1.17. The number of carbonyl (C=O) groups is 1. The van der Waals surface area contributed by atoms with Crippen LogP contribution in [0.2, 0.25) is 0 Å². The van der Waals surface area contributed by atoms with E-state index in [1.807, 2.05) is 0 Å². The third kappa shape index (κ3) is 5.29. The molecular formula is C19H24N2O6S. The number of sulfonamides is 1. The van der Waals surface area contributed by atoms with Crippen LogP contribution in [0.15, 0.2) is 42.5 Å². The van der Waals surface area contributed by atoms with E-state index in [9.17, 15) is 13.2 Å². The van der Waals surface area contributed by atoms with E-state index in [0.29, 0.717) is 28.6 Å². The zero-order chi connectivity index (χ0) is 20.9. The van der Waals surface area contributed by atoms with Crippen LogP contribution in [0.3, 0.4) is 0 Å². The maximum atomic E-state index is 12.4. The Labute approximate surface area is 165 Å². The van der Waals surface area contributed by atoms with Crippen LogP contribution in [0.1, 0.15) is 6.92 Å². The van der Waals surface area contributed by atoms with E-state index in [1.54, 1.807) is 49.4 Å². The van der Waals surface area contributed by atoms with Gasteiger partial charge in [-0.25, -0.2) is 8.42 Å². The van der Waals surface area contributed by atoms with Gasteiger partial charge < -0.3 is 19.5 Å². The van der Waals surface area contributed by atoms with Gasteiger partial charge in [0.15, 0.2) is 17.6 Å². The van der Waals surface area contributed by atoms with Gasteiger partial charge in [-0.3, -0.25) is 9.10 Å². The molecule has 0 fully saturated rings. The van der Waals surface area contributed by atoms with Crippen LogP contribution in [0.4, 0.5) is 11.4 Å². The number of hydrogen-bond donors (Lipinski definition) is 1. The average molecular weight is 408 g/mol. The lowest BCUT2D eigenvalue weighted by atomic mass is 10.2. The average Bonchev–Trinajstić information content (AvgIpc) is 2.67. The Morgan fingerprint density at radius 2 is 1.64 bits per heavy atom. The summed E-state index contributed by atoms with van der Waals surface area (Å²) in [4.78, 5) is 12.4. The van der Waals surface area contributed by atoms with Crippen molar-refractivity contribution in [1.29, 1.82) is 0 Å². The molecule has 0 saturated carbocycles. The predicted octanol–water partition coefficient (Wildman–Crippen LogP) is 2.51. The van der Waals surface area contributed by atoms with E-state index in [2.05, 4.69) is 5.32 Å². The van der Waals surface area contributed by atoms with Gasteiger partial charge in [0.05, 0.1) is 26.2 Å². The quantitative estimate of drug-likeness (QED) is 0.721. The molecule has 0 bridgehead atoms. The van der Waals surface area contributed by atoms with Crippen LogP contribution in [-0.4, -0.2) is 48.0 Å². The second-order valence-corrected chi connectivity index (χ2v) is 8.06. The first-order chi connectivity index (χ1) is 13.2. The highest BCUT2D eigenvalue weighted by Crippen LogP contribution is 2.30. The number of methoxy groups -OCH3 is 2. The molecule has 1 amide bonds. The number of benzene rings is 2. The number of hydrogen-bond acceptors (Lipinski definition) is 6. The first kappa shape index (κ1) is 21.4. The Balaban J connectivity index is 2.02. The van der Waals surface area contributed by atoms with E-state index in [-0.39, 0.29) is 5.91 Å². The minimum Gasteiger partial charge on any atom is -0.493 e. The molecule has 2 rings (SSSR count). The minimum atomic E-state index is -3.34. The van der Waals surface area contributed by atoms with Crippen molar-refractivity contribution in [3.8, 4) is 17.2 Å². The van der Waals surface area contributed by atoms with Gasteiger partial charge in [0.2, 0.25) is 10.0 Å². The van der Waals surface area contributed by atoms with Gasteiger partial charge in [-0.05, 0) is 43.3 Å². The highest BCUT2D eigenvalue weighted by Gasteiger charge is 2.17. The normalized spacial score (nSPS) is 12.0. The molecule has 2 aromatic carbocycles. The third-order valence-corrected chi connectivity index (χ3v) is 5.24. The number of ether oxygens (including phenoxy) is 3. The standard InChI is InChI=1S/C19H24N2O6S/c1-13(19(22)20-14-6-11-17(25-3)18(12-14)26-4)27-16-9-7-15(8-10-16)21(2)28(5,23)24/h6-13H,1-5H3,(H,20,22)/t13-/m0/s1. The summed E-state index contributed by atoms with van der Waals surface area (Å²) >= 11 is 0. The Hall–Kier alpha value is -2.94. The lowest BCUT2D eigenvalue weighted by molar-refractivity contribution is -0.122. The van der Waals surface area contributed by atoms with Crippen LogP contribution in [0.25, 0.3) is 0 Å². The molecule has 8 nitrogen and oxygen atoms in total. The Kier molecular flexibility index (Phi) is 6.74. The molecule has 0 aromatic heterocycles. The van der Waals surface area contributed by atoms with Gasteiger partial charge in [-0.1, -0.05) is 0 Å². The van der Waals surface area contributed by atoms with Crippen LogP contribution >= 0.6 is 0 Å².